The largest absolute Gasteiger partial charge is 0.207 e. The van der Waals surface area contributed by atoms with Gasteiger partial charge in [-0.2, -0.15) is 5.26 Å². The summed E-state index contributed by atoms with van der Waals surface area (Å²) in [6.07, 6.45) is 0. The van der Waals surface area contributed by atoms with Crippen LogP contribution in [-0.4, -0.2) is 0 Å². The molecule has 0 atom stereocenters. The van der Waals surface area contributed by atoms with E-state index in [-0.39, 0.29) is 11.1 Å². The zero-order valence-corrected chi connectivity index (χ0v) is 8.85. The summed E-state index contributed by atoms with van der Waals surface area (Å²) in [7, 11) is 0. The Balaban J connectivity index is 2.68. The first-order chi connectivity index (χ1) is 8.51. The topological polar surface area (TPSA) is 23.8 Å². The zero-order valence-electron chi connectivity index (χ0n) is 8.85. The first kappa shape index (κ1) is 12.1. The van der Waals surface area contributed by atoms with Crippen molar-refractivity contribution in [2.45, 2.75) is 0 Å². The molecule has 0 aromatic heterocycles. The second kappa shape index (κ2) is 4.49. The fraction of sp³-hybridized carbons (Fsp3) is 0. The van der Waals surface area contributed by atoms with E-state index in [0.29, 0.717) is 6.07 Å². The Labute approximate surface area is 99.9 Å². The van der Waals surface area contributed by atoms with E-state index in [0.717, 1.165) is 24.3 Å². The first-order valence-electron chi connectivity index (χ1n) is 4.87. The van der Waals surface area contributed by atoms with Gasteiger partial charge in [0, 0.05) is 6.07 Å². The third-order valence-electron chi connectivity index (χ3n) is 2.32. The van der Waals surface area contributed by atoms with E-state index in [1.54, 1.807) is 6.07 Å². The van der Waals surface area contributed by atoms with E-state index in [4.69, 9.17) is 5.26 Å². The van der Waals surface area contributed by atoms with Gasteiger partial charge in [0.2, 0.25) is 0 Å². The number of nitrogens with zero attached hydrogens (tertiary/aromatic N) is 1. The van der Waals surface area contributed by atoms with Crippen LogP contribution in [0.3, 0.4) is 0 Å². The van der Waals surface area contributed by atoms with Gasteiger partial charge in [-0.15, -0.1) is 0 Å². The number of hydrogen-bond donors (Lipinski definition) is 0. The van der Waals surface area contributed by atoms with E-state index in [1.165, 1.54) is 0 Å². The van der Waals surface area contributed by atoms with Gasteiger partial charge < -0.3 is 0 Å². The number of nitriles is 1. The van der Waals surface area contributed by atoms with Crippen LogP contribution >= 0.6 is 0 Å². The third-order valence-corrected chi connectivity index (χ3v) is 2.32. The van der Waals surface area contributed by atoms with E-state index >= 15 is 0 Å². The molecule has 0 saturated carbocycles. The van der Waals surface area contributed by atoms with Crippen molar-refractivity contribution in [1.82, 2.24) is 0 Å². The lowest BCUT2D eigenvalue weighted by atomic mass is 10.0. The van der Waals surface area contributed by atoms with Gasteiger partial charge in [-0.3, -0.25) is 0 Å². The van der Waals surface area contributed by atoms with Crippen molar-refractivity contribution in [3.63, 3.8) is 0 Å². The van der Waals surface area contributed by atoms with Crippen LogP contribution in [0.1, 0.15) is 5.56 Å². The smallest absolute Gasteiger partial charge is 0.135 e. The number of hydrogen-bond acceptors (Lipinski definition) is 1. The Bertz CT molecular complexity index is 615. The Morgan fingerprint density at radius 3 is 1.72 bits per heavy atom. The molecule has 90 valence electrons. The highest BCUT2D eigenvalue weighted by Gasteiger charge is 2.15. The molecule has 0 fully saturated rings. The van der Waals surface area contributed by atoms with Gasteiger partial charge in [0.05, 0.1) is 17.2 Å². The Kier molecular flexibility index (Phi) is 3.02. The summed E-state index contributed by atoms with van der Waals surface area (Å²) in [6, 6.07) is 5.43. The molecule has 0 amide bonds. The van der Waals surface area contributed by atoms with Gasteiger partial charge in [0.1, 0.15) is 23.3 Å². The van der Waals surface area contributed by atoms with Gasteiger partial charge in [-0.25, -0.2) is 17.6 Å². The van der Waals surface area contributed by atoms with Crippen LogP contribution in [0.5, 0.6) is 0 Å². The van der Waals surface area contributed by atoms with Crippen LogP contribution in [0.25, 0.3) is 11.1 Å². The second-order valence-electron chi connectivity index (χ2n) is 3.58. The van der Waals surface area contributed by atoms with Gasteiger partial charge in [0.25, 0.3) is 0 Å². The molecule has 0 saturated heterocycles. The summed E-state index contributed by atoms with van der Waals surface area (Å²) < 4.78 is 53.2. The van der Waals surface area contributed by atoms with Crippen LogP contribution in [0.15, 0.2) is 30.3 Å². The lowest BCUT2D eigenvalue weighted by molar-refractivity contribution is 0.578. The van der Waals surface area contributed by atoms with Crippen LogP contribution in [-0.2, 0) is 0 Å². The summed E-state index contributed by atoms with van der Waals surface area (Å²) in [6.45, 7) is 0. The van der Waals surface area contributed by atoms with Crippen molar-refractivity contribution in [1.29, 1.82) is 5.26 Å². The third kappa shape index (κ3) is 2.18. The molecular weight excluding hydrogens is 246 g/mol. The van der Waals surface area contributed by atoms with E-state index in [9.17, 15) is 17.6 Å². The minimum Gasteiger partial charge on any atom is -0.207 e. The van der Waals surface area contributed by atoms with E-state index in [1.807, 2.05) is 0 Å². The molecule has 2 rings (SSSR count). The van der Waals surface area contributed by atoms with Crippen molar-refractivity contribution in [2.24, 2.45) is 0 Å². The number of benzene rings is 2. The normalized spacial score (nSPS) is 10.2. The molecular formula is C13H5F4N. The van der Waals surface area contributed by atoms with Gasteiger partial charge in [-0.05, 0) is 29.8 Å². The number of rotatable bonds is 1. The van der Waals surface area contributed by atoms with Crippen LogP contribution in [0, 0.1) is 34.6 Å². The van der Waals surface area contributed by atoms with Crippen molar-refractivity contribution in [2.75, 3.05) is 0 Å². The fourth-order valence-corrected chi connectivity index (χ4v) is 1.61. The fourth-order valence-electron chi connectivity index (χ4n) is 1.61. The predicted molar refractivity (Wildman–Crippen MR) is 56.4 cm³/mol. The van der Waals surface area contributed by atoms with Crippen molar-refractivity contribution in [3.05, 3.63) is 59.2 Å². The molecule has 0 bridgehead atoms. The van der Waals surface area contributed by atoms with Crippen LogP contribution in [0.2, 0.25) is 0 Å². The molecule has 0 aliphatic carbocycles. The molecule has 18 heavy (non-hydrogen) atoms. The summed E-state index contributed by atoms with van der Waals surface area (Å²) in [4.78, 5) is 0. The molecule has 0 aliphatic heterocycles. The Morgan fingerprint density at radius 2 is 1.28 bits per heavy atom. The monoisotopic (exact) mass is 251 g/mol. The molecule has 0 unspecified atom stereocenters. The molecule has 0 N–H and O–H groups in total. The predicted octanol–water partition coefficient (Wildman–Crippen LogP) is 3.78. The molecule has 0 heterocycles. The maximum Gasteiger partial charge on any atom is 0.135 e. The standard InChI is InChI=1S/C13H5F4N/c14-9-3-8(4-10(15)5-9)13-11(16)1-7(6-18)2-12(13)17/h1-5H. The number of halogens is 4. The summed E-state index contributed by atoms with van der Waals surface area (Å²) in [5.41, 5.74) is -1.02. The molecule has 5 heteroatoms. The lowest BCUT2D eigenvalue weighted by Gasteiger charge is -2.06. The van der Waals surface area contributed by atoms with Crippen LogP contribution in [0.4, 0.5) is 17.6 Å². The molecule has 0 spiro atoms. The quantitative estimate of drug-likeness (QED) is 0.707. The molecule has 2 aromatic rings. The average molecular weight is 251 g/mol. The van der Waals surface area contributed by atoms with E-state index in [2.05, 4.69) is 0 Å². The summed E-state index contributed by atoms with van der Waals surface area (Å²) >= 11 is 0. The Morgan fingerprint density at radius 1 is 0.778 bits per heavy atom. The molecule has 0 radical (unpaired) electrons. The summed E-state index contributed by atoms with van der Waals surface area (Å²) in [5.74, 6) is -3.96. The maximum absolute atomic E-state index is 13.6. The Hall–Kier alpha value is -2.35. The van der Waals surface area contributed by atoms with Gasteiger partial charge in [0.15, 0.2) is 0 Å². The molecule has 1 nitrogen and oxygen atoms in total. The van der Waals surface area contributed by atoms with Crippen molar-refractivity contribution < 1.29 is 17.6 Å². The zero-order chi connectivity index (χ0) is 13.3. The SMILES string of the molecule is N#Cc1cc(F)c(-c2cc(F)cc(F)c2)c(F)c1. The molecule has 0 aliphatic rings. The average Bonchev–Trinajstić information content (AvgIpc) is 2.26. The minimum atomic E-state index is -1.04. The highest BCUT2D eigenvalue weighted by atomic mass is 19.1. The van der Waals surface area contributed by atoms with Gasteiger partial charge >= 0.3 is 0 Å². The van der Waals surface area contributed by atoms with E-state index < -0.39 is 28.8 Å². The minimum absolute atomic E-state index is 0.203. The highest BCUT2D eigenvalue weighted by Crippen LogP contribution is 2.28. The van der Waals surface area contributed by atoms with Gasteiger partial charge in [-0.1, -0.05) is 0 Å². The maximum atomic E-state index is 13.6. The van der Waals surface area contributed by atoms with Crippen molar-refractivity contribution >= 4 is 0 Å². The second-order valence-corrected chi connectivity index (χ2v) is 3.58. The highest BCUT2D eigenvalue weighted by molar-refractivity contribution is 5.66. The first-order valence-corrected chi connectivity index (χ1v) is 4.87. The lowest BCUT2D eigenvalue weighted by Crippen LogP contribution is -1.94. The summed E-state index contributed by atoms with van der Waals surface area (Å²) in [5, 5.41) is 8.53. The van der Waals surface area contributed by atoms with Crippen LogP contribution < -0.4 is 0 Å². The molecule has 2 aromatic carbocycles. The van der Waals surface area contributed by atoms with Crippen molar-refractivity contribution in [3.8, 4) is 17.2 Å².